The van der Waals surface area contributed by atoms with E-state index >= 15 is 0 Å². The first-order chi connectivity index (χ1) is 10.5. The molecule has 4 N–H and O–H groups in total. The lowest BCUT2D eigenvalue weighted by Gasteiger charge is -2.07. The average molecular weight is 302 g/mol. The summed E-state index contributed by atoms with van der Waals surface area (Å²) in [5, 5.41) is 5.33. The molecule has 0 aliphatic heterocycles. The maximum atomic E-state index is 11.7. The van der Waals surface area contributed by atoms with E-state index in [0.717, 1.165) is 0 Å². The summed E-state index contributed by atoms with van der Waals surface area (Å²) in [5.74, 6) is 0.00377. The normalized spacial score (nSPS) is 10.4. The van der Waals surface area contributed by atoms with Crippen molar-refractivity contribution in [2.24, 2.45) is 0 Å². The quantitative estimate of drug-likeness (QED) is 0.483. The molecule has 116 valence electrons. The van der Waals surface area contributed by atoms with Gasteiger partial charge in [-0.25, -0.2) is 9.59 Å². The number of nitrogens with one attached hydrogen (secondary N) is 4. The van der Waals surface area contributed by atoms with Gasteiger partial charge in [0.2, 0.25) is 0 Å². The number of carbonyl (C=O) groups excluding carboxylic acids is 2. The van der Waals surface area contributed by atoms with E-state index in [4.69, 9.17) is 0 Å². The van der Waals surface area contributed by atoms with Crippen molar-refractivity contribution in [3.05, 3.63) is 40.8 Å². The van der Waals surface area contributed by atoms with Crippen molar-refractivity contribution in [3.63, 3.8) is 0 Å². The number of urea groups is 1. The van der Waals surface area contributed by atoms with Crippen LogP contribution in [0.25, 0.3) is 11.0 Å². The van der Waals surface area contributed by atoms with Gasteiger partial charge >= 0.3 is 11.7 Å². The molecule has 0 atom stereocenters. The van der Waals surface area contributed by atoms with Gasteiger partial charge in [0, 0.05) is 18.7 Å². The molecule has 0 saturated carbocycles. The second kappa shape index (κ2) is 6.75. The molecule has 0 aliphatic carbocycles. The second-order valence-corrected chi connectivity index (χ2v) is 5.03. The summed E-state index contributed by atoms with van der Waals surface area (Å²) in [4.78, 5) is 39.5. The summed E-state index contributed by atoms with van der Waals surface area (Å²) >= 11 is 0. The number of hydrogen-bond donors (Lipinski definition) is 4. The van der Waals surface area contributed by atoms with Crippen LogP contribution in [0.5, 0.6) is 0 Å². The summed E-state index contributed by atoms with van der Waals surface area (Å²) in [6, 6.07) is 4.70. The molecule has 0 aliphatic rings. The molecule has 0 bridgehead atoms. The molecule has 1 aromatic heterocycles. The van der Waals surface area contributed by atoms with Crippen LogP contribution in [0.15, 0.2) is 35.1 Å². The zero-order valence-electron chi connectivity index (χ0n) is 12.3. The highest BCUT2D eigenvalue weighted by Crippen LogP contribution is 2.14. The predicted molar refractivity (Wildman–Crippen MR) is 85.0 cm³/mol. The molecule has 0 saturated heterocycles. The number of rotatable bonds is 6. The van der Waals surface area contributed by atoms with E-state index in [9.17, 15) is 14.4 Å². The minimum absolute atomic E-state index is 0.00377. The molecule has 0 radical (unpaired) electrons. The second-order valence-electron chi connectivity index (χ2n) is 5.03. The van der Waals surface area contributed by atoms with Crippen LogP contribution in [0, 0.1) is 0 Å². The summed E-state index contributed by atoms with van der Waals surface area (Å²) < 4.78 is 0. The van der Waals surface area contributed by atoms with Crippen LogP contribution in [-0.4, -0.2) is 28.3 Å². The third-order valence-electron chi connectivity index (χ3n) is 3.12. The van der Waals surface area contributed by atoms with Crippen molar-refractivity contribution >= 4 is 28.5 Å². The van der Waals surface area contributed by atoms with E-state index in [1.165, 1.54) is 0 Å². The highest BCUT2D eigenvalue weighted by molar-refractivity contribution is 5.94. The van der Waals surface area contributed by atoms with Crippen LogP contribution in [0.2, 0.25) is 0 Å². The molecular weight excluding hydrogens is 284 g/mol. The van der Waals surface area contributed by atoms with Gasteiger partial charge in [0.1, 0.15) is 0 Å². The smallest absolute Gasteiger partial charge is 0.323 e. The van der Waals surface area contributed by atoms with E-state index < -0.39 is 0 Å². The van der Waals surface area contributed by atoms with Gasteiger partial charge in [-0.1, -0.05) is 6.58 Å². The summed E-state index contributed by atoms with van der Waals surface area (Å²) in [6.07, 6.45) is 0.926. The van der Waals surface area contributed by atoms with Gasteiger partial charge < -0.3 is 20.6 Å². The van der Waals surface area contributed by atoms with Crippen molar-refractivity contribution < 1.29 is 9.59 Å². The number of aromatic nitrogens is 2. The van der Waals surface area contributed by atoms with Gasteiger partial charge in [-0.05, 0) is 37.1 Å². The fraction of sp³-hybridized carbons (Fsp3) is 0.267. The molecule has 2 aromatic rings. The van der Waals surface area contributed by atoms with Crippen molar-refractivity contribution in [1.82, 2.24) is 15.3 Å². The first-order valence-electron chi connectivity index (χ1n) is 6.91. The third-order valence-corrected chi connectivity index (χ3v) is 3.12. The summed E-state index contributed by atoms with van der Waals surface area (Å²) in [7, 11) is 0. The minimum Gasteiger partial charge on any atom is -0.338 e. The van der Waals surface area contributed by atoms with E-state index in [2.05, 4.69) is 27.2 Å². The van der Waals surface area contributed by atoms with Crippen molar-refractivity contribution in [2.45, 2.75) is 19.8 Å². The molecule has 1 heterocycles. The first kappa shape index (κ1) is 15.6. The number of Topliss-reactive ketones (excluding diaryl/α,β-unsaturated/α-hetero) is 1. The minimum atomic E-state index is -0.361. The van der Waals surface area contributed by atoms with Gasteiger partial charge in [-0.3, -0.25) is 4.79 Å². The fourth-order valence-corrected chi connectivity index (χ4v) is 1.95. The zero-order chi connectivity index (χ0) is 16.1. The van der Waals surface area contributed by atoms with Gasteiger partial charge in [-0.15, -0.1) is 0 Å². The number of benzene rings is 1. The topological polar surface area (TPSA) is 107 Å². The number of amides is 2. The number of carbonyl (C=O) groups is 2. The Hall–Kier alpha value is -2.83. The van der Waals surface area contributed by atoms with E-state index in [-0.39, 0.29) is 17.5 Å². The molecule has 7 nitrogen and oxygen atoms in total. The predicted octanol–water partition coefficient (Wildman–Crippen LogP) is 1.90. The lowest BCUT2D eigenvalue weighted by molar-refractivity contribution is -0.115. The summed E-state index contributed by atoms with van der Waals surface area (Å²) in [6.45, 7) is 5.64. The van der Waals surface area contributed by atoms with Crippen LogP contribution in [0.4, 0.5) is 10.5 Å². The van der Waals surface area contributed by atoms with Crippen LogP contribution in [0.1, 0.15) is 19.8 Å². The Bertz CT molecular complexity index is 772. The van der Waals surface area contributed by atoms with Crippen LogP contribution in [0.3, 0.4) is 0 Å². The van der Waals surface area contributed by atoms with E-state index in [0.29, 0.717) is 41.7 Å². The van der Waals surface area contributed by atoms with E-state index in [1.807, 2.05) is 0 Å². The molecule has 2 amide bonds. The Balaban J connectivity index is 1.82. The first-order valence-corrected chi connectivity index (χ1v) is 6.91. The molecule has 0 unspecified atom stereocenters. The monoisotopic (exact) mass is 302 g/mol. The van der Waals surface area contributed by atoms with Crippen molar-refractivity contribution in [3.8, 4) is 0 Å². The highest BCUT2D eigenvalue weighted by Gasteiger charge is 2.05. The van der Waals surface area contributed by atoms with Gasteiger partial charge in [0.25, 0.3) is 0 Å². The van der Waals surface area contributed by atoms with Crippen LogP contribution < -0.4 is 16.3 Å². The number of hydrogen-bond acceptors (Lipinski definition) is 3. The maximum Gasteiger partial charge on any atom is 0.323 e. The Morgan fingerprint density at radius 3 is 2.68 bits per heavy atom. The summed E-state index contributed by atoms with van der Waals surface area (Å²) in [5.41, 5.74) is 2.10. The number of aromatic amines is 2. The number of fused-ring (bicyclic) bond motifs is 1. The van der Waals surface area contributed by atoms with Gasteiger partial charge in [0.15, 0.2) is 5.78 Å². The zero-order valence-corrected chi connectivity index (χ0v) is 12.3. The van der Waals surface area contributed by atoms with Crippen molar-refractivity contribution in [1.29, 1.82) is 0 Å². The molecule has 0 fully saturated rings. The highest BCUT2D eigenvalue weighted by atomic mass is 16.2. The Kier molecular flexibility index (Phi) is 4.77. The number of anilines is 1. The average Bonchev–Trinajstić information content (AvgIpc) is 2.82. The van der Waals surface area contributed by atoms with Crippen LogP contribution >= 0.6 is 0 Å². The Morgan fingerprint density at radius 2 is 1.95 bits per heavy atom. The molecule has 22 heavy (non-hydrogen) atoms. The lowest BCUT2D eigenvalue weighted by atomic mass is 10.1. The molecule has 1 aromatic carbocycles. The van der Waals surface area contributed by atoms with Crippen LogP contribution in [-0.2, 0) is 4.79 Å². The third kappa shape index (κ3) is 4.08. The Morgan fingerprint density at radius 1 is 1.23 bits per heavy atom. The lowest BCUT2D eigenvalue weighted by Crippen LogP contribution is -2.29. The number of imidazole rings is 1. The maximum absolute atomic E-state index is 11.7. The van der Waals surface area contributed by atoms with Crippen molar-refractivity contribution in [2.75, 3.05) is 11.9 Å². The molecule has 2 rings (SSSR count). The number of allylic oxidation sites excluding steroid dienone is 1. The fourth-order valence-electron chi connectivity index (χ4n) is 1.95. The van der Waals surface area contributed by atoms with E-state index in [1.54, 1.807) is 25.1 Å². The standard InChI is InChI=1S/C15H18N4O3/c1-9(2)13(20)4-3-7-16-14(21)17-10-5-6-11-12(8-10)19-15(22)18-11/h5-6,8H,1,3-4,7H2,2H3,(H2,16,17,21)(H2,18,19,22). The van der Waals surface area contributed by atoms with Gasteiger partial charge in [-0.2, -0.15) is 0 Å². The molecular formula is C15H18N4O3. The number of H-pyrrole nitrogens is 2. The SMILES string of the molecule is C=C(C)C(=O)CCCNC(=O)Nc1ccc2[nH]c(=O)[nH]c2c1. The number of ketones is 1. The Labute approximate surface area is 126 Å². The largest absolute Gasteiger partial charge is 0.338 e. The molecule has 0 spiro atoms. The van der Waals surface area contributed by atoms with Gasteiger partial charge in [0.05, 0.1) is 11.0 Å². The molecule has 7 heteroatoms.